The highest BCUT2D eigenvalue weighted by molar-refractivity contribution is 5.85. The molecule has 0 radical (unpaired) electrons. The van der Waals surface area contributed by atoms with Gasteiger partial charge in [-0.25, -0.2) is 24.8 Å². The minimum atomic E-state index is -0.771. The first-order valence-electron chi connectivity index (χ1n) is 11.6. The molecule has 4 amide bonds. The second-order valence-corrected chi connectivity index (χ2v) is 9.17. The summed E-state index contributed by atoms with van der Waals surface area (Å²) >= 11 is 0. The highest BCUT2D eigenvalue weighted by Gasteiger charge is 2.36. The van der Waals surface area contributed by atoms with Crippen LogP contribution < -0.4 is 10.7 Å². The molecule has 0 spiro atoms. The largest absolute Gasteiger partial charge is 0.464 e. The van der Waals surface area contributed by atoms with Crippen LogP contribution in [0.5, 0.6) is 0 Å². The van der Waals surface area contributed by atoms with Gasteiger partial charge in [-0.1, -0.05) is 24.3 Å². The minimum Gasteiger partial charge on any atom is -0.464 e. The predicted molar refractivity (Wildman–Crippen MR) is 125 cm³/mol. The number of amides is 4. The Morgan fingerprint density at radius 2 is 1.74 bits per heavy atom. The Morgan fingerprint density at radius 1 is 1.09 bits per heavy atom. The number of urea groups is 1. The minimum absolute atomic E-state index is 0.0601. The van der Waals surface area contributed by atoms with E-state index in [0.29, 0.717) is 19.5 Å². The van der Waals surface area contributed by atoms with E-state index >= 15 is 0 Å². The number of carbonyl (C=O) groups excluding carboxylic acids is 4. The second-order valence-electron chi connectivity index (χ2n) is 9.17. The van der Waals surface area contributed by atoms with Gasteiger partial charge in [0.25, 0.3) is 0 Å². The van der Waals surface area contributed by atoms with Gasteiger partial charge in [-0.3, -0.25) is 4.79 Å². The van der Waals surface area contributed by atoms with Crippen molar-refractivity contribution in [2.75, 3.05) is 13.2 Å². The standard InChI is InChI=1S/C24H36N4O6/c1-6-33-21(30)20-9-7-8-14-27(20)23(32)28(26-22(31)34-24(3,4)5)16-19-12-10-18(11-13-19)15-25-17(2)29/h10-13,20H,6-9,14-16H2,1-5H3,(H,25,29)(H,26,31). The number of ether oxygens (including phenoxy) is 2. The van der Waals surface area contributed by atoms with Gasteiger partial charge in [0.15, 0.2) is 0 Å². The van der Waals surface area contributed by atoms with Crippen molar-refractivity contribution in [2.45, 2.75) is 78.6 Å². The molecule has 1 saturated heterocycles. The van der Waals surface area contributed by atoms with Crippen LogP contribution in [0.3, 0.4) is 0 Å². The Bertz CT molecular complexity index is 865. The molecule has 1 aromatic carbocycles. The van der Waals surface area contributed by atoms with Crippen LogP contribution in [0.2, 0.25) is 0 Å². The molecule has 10 heteroatoms. The Balaban J connectivity index is 2.22. The fraction of sp³-hybridized carbons (Fsp3) is 0.583. The molecule has 1 aliphatic heterocycles. The van der Waals surface area contributed by atoms with Gasteiger partial charge in [-0.05, 0) is 58.1 Å². The van der Waals surface area contributed by atoms with E-state index in [9.17, 15) is 19.2 Å². The zero-order valence-corrected chi connectivity index (χ0v) is 20.7. The van der Waals surface area contributed by atoms with E-state index in [-0.39, 0.29) is 19.1 Å². The summed E-state index contributed by atoms with van der Waals surface area (Å²) < 4.78 is 10.5. The molecule has 0 bridgehead atoms. The Morgan fingerprint density at radius 3 is 2.32 bits per heavy atom. The molecule has 2 rings (SSSR count). The third kappa shape index (κ3) is 8.57. The topological polar surface area (TPSA) is 117 Å². The summed E-state index contributed by atoms with van der Waals surface area (Å²) in [5, 5.41) is 3.89. The maximum Gasteiger partial charge on any atom is 0.426 e. The van der Waals surface area contributed by atoms with Crippen LogP contribution in [0.4, 0.5) is 9.59 Å². The van der Waals surface area contributed by atoms with E-state index in [1.54, 1.807) is 27.7 Å². The van der Waals surface area contributed by atoms with Crippen molar-refractivity contribution in [3.8, 4) is 0 Å². The number of benzene rings is 1. The quantitative estimate of drug-likeness (QED) is 0.481. The third-order valence-corrected chi connectivity index (χ3v) is 5.07. The number of likely N-dealkylation sites (tertiary alicyclic amines) is 1. The molecule has 1 aliphatic rings. The Kier molecular flexibility index (Phi) is 9.70. The molecule has 34 heavy (non-hydrogen) atoms. The summed E-state index contributed by atoms with van der Waals surface area (Å²) in [5.41, 5.74) is 3.44. The first-order chi connectivity index (χ1) is 16.0. The molecule has 0 saturated carbocycles. The lowest BCUT2D eigenvalue weighted by molar-refractivity contribution is -0.149. The average molecular weight is 477 g/mol. The van der Waals surface area contributed by atoms with Crippen LogP contribution in [-0.2, 0) is 32.2 Å². The number of hydrogen-bond acceptors (Lipinski definition) is 6. The lowest BCUT2D eigenvalue weighted by atomic mass is 10.0. The average Bonchev–Trinajstić information content (AvgIpc) is 2.76. The third-order valence-electron chi connectivity index (χ3n) is 5.07. The fourth-order valence-corrected chi connectivity index (χ4v) is 3.54. The highest BCUT2D eigenvalue weighted by Crippen LogP contribution is 2.21. The van der Waals surface area contributed by atoms with Crippen molar-refractivity contribution in [1.29, 1.82) is 0 Å². The van der Waals surface area contributed by atoms with Gasteiger partial charge in [-0.15, -0.1) is 0 Å². The van der Waals surface area contributed by atoms with Gasteiger partial charge in [-0.2, -0.15) is 0 Å². The molecule has 0 aliphatic carbocycles. The van der Waals surface area contributed by atoms with E-state index in [4.69, 9.17) is 9.47 Å². The van der Waals surface area contributed by atoms with Crippen molar-refractivity contribution in [3.63, 3.8) is 0 Å². The number of piperidine rings is 1. The van der Waals surface area contributed by atoms with Crippen molar-refractivity contribution < 1.29 is 28.7 Å². The van der Waals surface area contributed by atoms with Crippen molar-refractivity contribution >= 4 is 24.0 Å². The number of hydrazine groups is 1. The summed E-state index contributed by atoms with van der Waals surface area (Å²) in [6.45, 7) is 9.42. The lowest BCUT2D eigenvalue weighted by Crippen LogP contribution is -2.57. The number of esters is 1. The maximum atomic E-state index is 13.5. The predicted octanol–water partition coefficient (Wildman–Crippen LogP) is 3.10. The molecule has 188 valence electrons. The van der Waals surface area contributed by atoms with E-state index in [1.807, 2.05) is 24.3 Å². The van der Waals surface area contributed by atoms with Crippen molar-refractivity contribution in [3.05, 3.63) is 35.4 Å². The Hall–Kier alpha value is -3.30. The van der Waals surface area contributed by atoms with Crippen LogP contribution in [0.15, 0.2) is 24.3 Å². The van der Waals surface area contributed by atoms with E-state index in [2.05, 4.69) is 10.7 Å². The van der Waals surface area contributed by atoms with Gasteiger partial charge in [0, 0.05) is 20.0 Å². The number of nitrogens with zero attached hydrogens (tertiary/aromatic N) is 2. The maximum absolute atomic E-state index is 13.5. The van der Waals surface area contributed by atoms with Crippen molar-refractivity contribution in [2.24, 2.45) is 0 Å². The smallest absolute Gasteiger partial charge is 0.426 e. The second kappa shape index (κ2) is 12.2. The van der Waals surface area contributed by atoms with Crippen LogP contribution in [0.25, 0.3) is 0 Å². The van der Waals surface area contributed by atoms with Gasteiger partial charge in [0.05, 0.1) is 13.2 Å². The Labute approximate surface area is 200 Å². The summed E-state index contributed by atoms with van der Waals surface area (Å²) in [6.07, 6.45) is 1.29. The van der Waals surface area contributed by atoms with Crippen LogP contribution in [-0.4, -0.2) is 58.7 Å². The molecule has 1 unspecified atom stereocenters. The lowest BCUT2D eigenvalue weighted by Gasteiger charge is -2.37. The van der Waals surface area contributed by atoms with Gasteiger partial charge >= 0.3 is 18.1 Å². The summed E-state index contributed by atoms with van der Waals surface area (Å²) in [4.78, 5) is 51.0. The zero-order valence-electron chi connectivity index (χ0n) is 20.7. The highest BCUT2D eigenvalue weighted by atomic mass is 16.6. The molecule has 1 heterocycles. The molecular formula is C24H36N4O6. The van der Waals surface area contributed by atoms with Crippen LogP contribution in [0.1, 0.15) is 65.0 Å². The monoisotopic (exact) mass is 476 g/mol. The summed E-state index contributed by atoms with van der Waals surface area (Å²) in [6, 6.07) is 6.09. The fourth-order valence-electron chi connectivity index (χ4n) is 3.54. The molecule has 1 atom stereocenters. The molecule has 1 fully saturated rings. The number of carbonyl (C=O) groups is 4. The van der Waals surface area contributed by atoms with Crippen molar-refractivity contribution in [1.82, 2.24) is 20.7 Å². The zero-order chi connectivity index (χ0) is 25.3. The van der Waals surface area contributed by atoms with E-state index in [0.717, 1.165) is 29.0 Å². The van der Waals surface area contributed by atoms with E-state index < -0.39 is 29.7 Å². The number of hydrogen-bond donors (Lipinski definition) is 2. The van der Waals surface area contributed by atoms with Gasteiger partial charge < -0.3 is 19.7 Å². The SMILES string of the molecule is CCOC(=O)C1CCCCN1C(=O)N(Cc1ccc(CNC(C)=O)cc1)NC(=O)OC(C)(C)C. The first-order valence-corrected chi connectivity index (χ1v) is 11.6. The van der Waals surface area contributed by atoms with Crippen LogP contribution >= 0.6 is 0 Å². The van der Waals surface area contributed by atoms with Gasteiger partial charge in [0.2, 0.25) is 5.91 Å². The summed E-state index contributed by atoms with van der Waals surface area (Å²) in [7, 11) is 0. The molecule has 1 aromatic rings. The molecule has 10 nitrogen and oxygen atoms in total. The number of nitrogens with one attached hydrogen (secondary N) is 2. The van der Waals surface area contributed by atoms with Crippen LogP contribution in [0, 0.1) is 0 Å². The molecular weight excluding hydrogens is 440 g/mol. The summed E-state index contributed by atoms with van der Waals surface area (Å²) in [5.74, 6) is -0.574. The number of rotatable bonds is 6. The first kappa shape index (κ1) is 26.9. The normalized spacial score (nSPS) is 15.8. The van der Waals surface area contributed by atoms with Gasteiger partial charge in [0.1, 0.15) is 11.6 Å². The molecule has 0 aromatic heterocycles. The molecule has 2 N–H and O–H groups in total. The van der Waals surface area contributed by atoms with E-state index in [1.165, 1.54) is 11.8 Å².